The first-order valence-electron chi connectivity index (χ1n) is 7.48. The lowest BCUT2D eigenvalue weighted by molar-refractivity contribution is 0.522. The van der Waals surface area contributed by atoms with Gasteiger partial charge in [0.05, 0.1) is 22.1 Å². The summed E-state index contributed by atoms with van der Waals surface area (Å²) in [5, 5.41) is 13.2. The predicted molar refractivity (Wildman–Crippen MR) is 87.8 cm³/mol. The van der Waals surface area contributed by atoms with Gasteiger partial charge in [-0.1, -0.05) is 6.92 Å². The van der Waals surface area contributed by atoms with E-state index in [1.54, 1.807) is 11.3 Å². The average Bonchev–Trinajstić information content (AvgIpc) is 2.76. The van der Waals surface area contributed by atoms with Crippen LogP contribution in [0.4, 0.5) is 0 Å². The van der Waals surface area contributed by atoms with Crippen LogP contribution < -0.4 is 5.32 Å². The van der Waals surface area contributed by atoms with E-state index >= 15 is 0 Å². The molecule has 0 aliphatic rings. The van der Waals surface area contributed by atoms with Crippen LogP contribution in [0.15, 0.2) is 6.07 Å². The molecule has 0 aromatic carbocycles. The van der Waals surface area contributed by atoms with Gasteiger partial charge in [-0.2, -0.15) is 10.2 Å². The Labute approximate surface area is 131 Å². The van der Waals surface area contributed by atoms with Crippen molar-refractivity contribution in [2.75, 3.05) is 6.54 Å². The van der Waals surface area contributed by atoms with Crippen molar-refractivity contribution in [3.63, 3.8) is 0 Å². The van der Waals surface area contributed by atoms with Crippen LogP contribution in [0.3, 0.4) is 0 Å². The summed E-state index contributed by atoms with van der Waals surface area (Å²) < 4.78 is 0. The van der Waals surface area contributed by atoms with E-state index in [9.17, 15) is 0 Å². The molecule has 1 unspecified atom stereocenters. The molecule has 0 saturated heterocycles. The third-order valence-corrected chi connectivity index (χ3v) is 4.70. The van der Waals surface area contributed by atoms with Crippen LogP contribution in [0.2, 0.25) is 0 Å². The zero-order valence-corrected chi connectivity index (χ0v) is 14.3. The summed E-state index contributed by atoms with van der Waals surface area (Å²) >= 11 is 1.79. The Morgan fingerprint density at radius 1 is 1.14 bits per heavy atom. The summed E-state index contributed by atoms with van der Waals surface area (Å²) in [6.07, 6.45) is 2.02. The maximum atomic E-state index is 4.68. The van der Waals surface area contributed by atoms with Crippen molar-refractivity contribution in [1.29, 1.82) is 0 Å². The minimum absolute atomic E-state index is 0.254. The maximum absolute atomic E-state index is 4.68. The Bertz CT molecular complexity index is 587. The number of aromatic nitrogens is 3. The standard InChI is InChI=1S/C16H24N4S/c1-6-7-17-15(9-16-18-11(3)13(5)21-16)14-8-10(2)19-20-12(14)4/h8,15,17H,6-7,9H2,1-5H3. The van der Waals surface area contributed by atoms with Gasteiger partial charge >= 0.3 is 0 Å². The van der Waals surface area contributed by atoms with Crippen LogP contribution in [-0.2, 0) is 6.42 Å². The van der Waals surface area contributed by atoms with E-state index in [2.05, 4.69) is 47.3 Å². The van der Waals surface area contributed by atoms with Crippen molar-refractivity contribution in [3.8, 4) is 0 Å². The fraction of sp³-hybridized carbons (Fsp3) is 0.562. The van der Waals surface area contributed by atoms with Crippen LogP contribution in [0.25, 0.3) is 0 Å². The summed E-state index contributed by atoms with van der Waals surface area (Å²) in [6.45, 7) is 11.4. The third kappa shape index (κ3) is 4.08. The van der Waals surface area contributed by atoms with E-state index in [0.29, 0.717) is 0 Å². The first-order valence-corrected chi connectivity index (χ1v) is 8.30. The molecule has 2 heterocycles. The normalized spacial score (nSPS) is 12.6. The van der Waals surface area contributed by atoms with Gasteiger partial charge in [0.1, 0.15) is 0 Å². The van der Waals surface area contributed by atoms with E-state index in [1.807, 2.05) is 13.8 Å². The molecule has 4 nitrogen and oxygen atoms in total. The monoisotopic (exact) mass is 304 g/mol. The van der Waals surface area contributed by atoms with Crippen LogP contribution >= 0.6 is 11.3 Å². The van der Waals surface area contributed by atoms with E-state index in [-0.39, 0.29) is 6.04 Å². The zero-order valence-electron chi connectivity index (χ0n) is 13.5. The van der Waals surface area contributed by atoms with Gasteiger partial charge in [-0.15, -0.1) is 11.3 Å². The number of hydrogen-bond acceptors (Lipinski definition) is 5. The molecule has 5 heteroatoms. The molecule has 2 aromatic heterocycles. The van der Waals surface area contributed by atoms with Crippen molar-refractivity contribution >= 4 is 11.3 Å². The molecular formula is C16H24N4S. The Hall–Kier alpha value is -1.33. The van der Waals surface area contributed by atoms with Gasteiger partial charge in [-0.05, 0) is 52.3 Å². The molecule has 0 spiro atoms. The second-order valence-electron chi connectivity index (χ2n) is 5.49. The number of rotatable bonds is 6. The Kier molecular flexibility index (Phi) is 5.42. The van der Waals surface area contributed by atoms with E-state index in [1.165, 1.54) is 15.4 Å². The highest BCUT2D eigenvalue weighted by atomic mass is 32.1. The minimum atomic E-state index is 0.254. The number of nitrogens with zero attached hydrogens (tertiary/aromatic N) is 3. The molecule has 0 amide bonds. The minimum Gasteiger partial charge on any atom is -0.310 e. The zero-order chi connectivity index (χ0) is 15.4. The predicted octanol–water partition coefficient (Wildman–Crippen LogP) is 3.45. The molecule has 0 saturated carbocycles. The number of hydrogen-bond donors (Lipinski definition) is 1. The van der Waals surface area contributed by atoms with Crippen molar-refractivity contribution in [1.82, 2.24) is 20.5 Å². The Morgan fingerprint density at radius 2 is 1.90 bits per heavy atom. The van der Waals surface area contributed by atoms with Crippen molar-refractivity contribution in [2.45, 2.75) is 53.5 Å². The van der Waals surface area contributed by atoms with Crippen molar-refractivity contribution in [2.24, 2.45) is 0 Å². The molecule has 1 N–H and O–H groups in total. The maximum Gasteiger partial charge on any atom is 0.0949 e. The van der Waals surface area contributed by atoms with Crippen LogP contribution in [0.1, 0.15) is 51.9 Å². The lowest BCUT2D eigenvalue weighted by atomic mass is 10.0. The lowest BCUT2D eigenvalue weighted by Gasteiger charge is -2.19. The van der Waals surface area contributed by atoms with Gasteiger partial charge in [0.25, 0.3) is 0 Å². The smallest absolute Gasteiger partial charge is 0.0949 e. The van der Waals surface area contributed by atoms with Crippen LogP contribution in [0.5, 0.6) is 0 Å². The van der Waals surface area contributed by atoms with Crippen molar-refractivity contribution < 1.29 is 0 Å². The van der Waals surface area contributed by atoms with E-state index in [0.717, 1.165) is 36.5 Å². The first-order chi connectivity index (χ1) is 10.0. The second-order valence-corrected chi connectivity index (χ2v) is 6.77. The summed E-state index contributed by atoms with van der Waals surface area (Å²) in [5.74, 6) is 0. The molecule has 21 heavy (non-hydrogen) atoms. The molecule has 114 valence electrons. The average molecular weight is 304 g/mol. The van der Waals surface area contributed by atoms with Gasteiger partial charge in [0, 0.05) is 17.3 Å². The first kappa shape index (κ1) is 16.0. The highest BCUT2D eigenvalue weighted by molar-refractivity contribution is 7.11. The highest BCUT2D eigenvalue weighted by Crippen LogP contribution is 2.25. The van der Waals surface area contributed by atoms with Gasteiger partial charge < -0.3 is 5.32 Å². The third-order valence-electron chi connectivity index (χ3n) is 3.61. The molecule has 0 aliphatic heterocycles. The quantitative estimate of drug-likeness (QED) is 0.888. The largest absolute Gasteiger partial charge is 0.310 e. The number of aryl methyl sites for hydroxylation is 4. The Morgan fingerprint density at radius 3 is 2.52 bits per heavy atom. The molecule has 1 atom stereocenters. The molecule has 2 aromatic rings. The summed E-state index contributed by atoms with van der Waals surface area (Å²) in [4.78, 5) is 5.98. The highest BCUT2D eigenvalue weighted by Gasteiger charge is 2.17. The van der Waals surface area contributed by atoms with Gasteiger partial charge in [-0.3, -0.25) is 0 Å². The fourth-order valence-corrected chi connectivity index (χ4v) is 3.31. The van der Waals surface area contributed by atoms with Crippen LogP contribution in [0, 0.1) is 27.7 Å². The van der Waals surface area contributed by atoms with Gasteiger partial charge in [0.2, 0.25) is 0 Å². The van der Waals surface area contributed by atoms with E-state index < -0.39 is 0 Å². The van der Waals surface area contributed by atoms with E-state index in [4.69, 9.17) is 0 Å². The second kappa shape index (κ2) is 7.09. The molecule has 0 bridgehead atoms. The fourth-order valence-electron chi connectivity index (χ4n) is 2.33. The number of thiazole rings is 1. The summed E-state index contributed by atoms with van der Waals surface area (Å²) in [6, 6.07) is 2.40. The van der Waals surface area contributed by atoms with Crippen molar-refractivity contribution in [3.05, 3.63) is 38.6 Å². The molecule has 0 fully saturated rings. The summed E-state index contributed by atoms with van der Waals surface area (Å²) in [5.41, 5.74) is 4.34. The van der Waals surface area contributed by atoms with Gasteiger partial charge in [-0.25, -0.2) is 4.98 Å². The molecule has 0 radical (unpaired) electrons. The SMILES string of the molecule is CCCNC(Cc1nc(C)c(C)s1)c1cc(C)nnc1C. The lowest BCUT2D eigenvalue weighted by Crippen LogP contribution is -2.25. The van der Waals surface area contributed by atoms with Gasteiger partial charge in [0.15, 0.2) is 0 Å². The molecule has 0 aliphatic carbocycles. The Balaban J connectivity index is 2.27. The molecule has 2 rings (SSSR count). The topological polar surface area (TPSA) is 50.7 Å². The van der Waals surface area contributed by atoms with Crippen LogP contribution in [-0.4, -0.2) is 21.7 Å². The number of nitrogens with one attached hydrogen (secondary N) is 1. The summed E-state index contributed by atoms with van der Waals surface area (Å²) in [7, 11) is 0. The molecular weight excluding hydrogens is 280 g/mol.